The van der Waals surface area contributed by atoms with Crippen LogP contribution in [0.4, 0.5) is 0 Å². The Balaban J connectivity index is 3.27. The van der Waals surface area contributed by atoms with Gasteiger partial charge in [-0.05, 0) is 35.3 Å². The quantitative estimate of drug-likeness (QED) is 0.542. The van der Waals surface area contributed by atoms with Crippen LogP contribution in [0.3, 0.4) is 0 Å². The largest absolute Gasteiger partial charge is 0.462 e. The van der Waals surface area contributed by atoms with Gasteiger partial charge in [0.2, 0.25) is 6.29 Å². The van der Waals surface area contributed by atoms with Crippen molar-refractivity contribution in [3.8, 4) is 5.75 Å². The molecule has 0 aliphatic rings. The summed E-state index contributed by atoms with van der Waals surface area (Å²) < 4.78 is 5.72. The van der Waals surface area contributed by atoms with Crippen molar-refractivity contribution in [1.29, 1.82) is 0 Å². The minimum atomic E-state index is -0.971. The number of hydrogen-bond donors (Lipinski definition) is 0. The Morgan fingerprint density at radius 3 is 2.09 bits per heavy atom. The summed E-state index contributed by atoms with van der Waals surface area (Å²) in [6.07, 6.45) is 2.52. The molecular weight excluding hydrogens is 272 g/mol. The van der Waals surface area contributed by atoms with Gasteiger partial charge in [0.15, 0.2) is 0 Å². The summed E-state index contributed by atoms with van der Waals surface area (Å²) in [5.41, 5.74) is 2.61. The van der Waals surface area contributed by atoms with Gasteiger partial charge in [0, 0.05) is 12.0 Å². The Kier molecular flexibility index (Phi) is 6.49. The second-order valence-corrected chi connectivity index (χ2v) is 7.52. The molecule has 1 rings (SSSR count). The van der Waals surface area contributed by atoms with Gasteiger partial charge in [-0.2, -0.15) is 5.11 Å². The van der Waals surface area contributed by atoms with Crippen LogP contribution in [0.25, 0.3) is 0 Å². The second-order valence-electron chi connectivity index (χ2n) is 7.52. The van der Waals surface area contributed by atoms with Crippen LogP contribution < -0.4 is 4.74 Å². The monoisotopic (exact) mass is 305 g/mol. The lowest BCUT2D eigenvalue weighted by molar-refractivity contribution is -0.0765. The molecule has 1 unspecified atom stereocenters. The van der Waals surface area contributed by atoms with Crippen molar-refractivity contribution in [2.45, 2.75) is 91.3 Å². The Labute approximate surface area is 136 Å². The zero-order valence-electron chi connectivity index (χ0n) is 15.5. The summed E-state index contributed by atoms with van der Waals surface area (Å²) in [7, 11) is 0. The fourth-order valence-corrected chi connectivity index (χ4v) is 2.41. The highest BCUT2D eigenvalue weighted by atomic mass is 16.6. The van der Waals surface area contributed by atoms with E-state index >= 15 is 0 Å². The minimum Gasteiger partial charge on any atom is -0.462 e. The highest BCUT2D eigenvalue weighted by Gasteiger charge is 2.27. The molecule has 0 amide bonds. The van der Waals surface area contributed by atoms with Crippen LogP contribution in [-0.2, 0) is 15.9 Å². The molecule has 2 heteroatoms. The normalized spacial score (nSPS) is 14.0. The van der Waals surface area contributed by atoms with Gasteiger partial charge in [-0.3, -0.25) is 0 Å². The predicted octanol–water partition coefficient (Wildman–Crippen LogP) is 6.00. The Hall–Kier alpha value is -1.02. The van der Waals surface area contributed by atoms with Gasteiger partial charge in [-0.25, -0.2) is 0 Å². The molecule has 125 valence electrons. The molecule has 0 bridgehead atoms. The summed E-state index contributed by atoms with van der Waals surface area (Å²) in [6.45, 7) is 15.4. The molecule has 0 aromatic heterocycles. The molecular formula is C20H33O2. The molecule has 22 heavy (non-hydrogen) atoms. The molecule has 0 aliphatic heterocycles. The van der Waals surface area contributed by atoms with Crippen molar-refractivity contribution in [2.75, 3.05) is 0 Å². The SMILES string of the molecule is CCCC([O])Oc1ccc(C(C)(C)CC)cc1C(C)(C)CC. The molecule has 1 atom stereocenters. The van der Waals surface area contributed by atoms with Crippen LogP contribution in [-0.4, -0.2) is 6.29 Å². The van der Waals surface area contributed by atoms with Crippen LogP contribution in [0.5, 0.6) is 5.75 Å². The van der Waals surface area contributed by atoms with Gasteiger partial charge in [0.1, 0.15) is 5.75 Å². The molecule has 0 spiro atoms. The smallest absolute Gasteiger partial charge is 0.231 e. The lowest BCUT2D eigenvalue weighted by Crippen LogP contribution is -2.23. The standard InChI is InChI=1S/C20H33O2/c1-8-11-18(21)22-17-13-12-15(19(4,5)9-2)14-16(17)20(6,7)10-3/h12-14,18H,8-11H2,1-7H3. The molecule has 1 aromatic rings. The molecule has 0 aliphatic carbocycles. The summed E-state index contributed by atoms with van der Waals surface area (Å²) in [4.78, 5) is 0. The minimum absolute atomic E-state index is 0.00109. The number of benzene rings is 1. The third-order valence-electron chi connectivity index (χ3n) is 5.04. The first kappa shape index (κ1) is 19.0. The van der Waals surface area contributed by atoms with Crippen molar-refractivity contribution in [3.05, 3.63) is 29.3 Å². The molecule has 1 aromatic carbocycles. The van der Waals surface area contributed by atoms with Gasteiger partial charge >= 0.3 is 0 Å². The molecule has 1 radical (unpaired) electrons. The fourth-order valence-electron chi connectivity index (χ4n) is 2.41. The topological polar surface area (TPSA) is 29.1 Å². The molecule has 0 N–H and O–H groups in total. The van der Waals surface area contributed by atoms with Crippen LogP contribution in [0.15, 0.2) is 18.2 Å². The van der Waals surface area contributed by atoms with E-state index in [1.54, 1.807) is 0 Å². The van der Waals surface area contributed by atoms with E-state index in [2.05, 4.69) is 53.7 Å². The summed E-state index contributed by atoms with van der Waals surface area (Å²) >= 11 is 0. The summed E-state index contributed by atoms with van der Waals surface area (Å²) in [5.74, 6) is 0.760. The average Bonchev–Trinajstić information content (AvgIpc) is 2.47. The van der Waals surface area contributed by atoms with Crippen molar-refractivity contribution >= 4 is 0 Å². The van der Waals surface area contributed by atoms with Gasteiger partial charge in [0.05, 0.1) is 0 Å². The molecule has 0 saturated carbocycles. The third kappa shape index (κ3) is 4.49. The van der Waals surface area contributed by atoms with Gasteiger partial charge in [-0.15, -0.1) is 0 Å². The van der Waals surface area contributed by atoms with E-state index in [4.69, 9.17) is 4.74 Å². The predicted molar refractivity (Wildman–Crippen MR) is 93.1 cm³/mol. The lowest BCUT2D eigenvalue weighted by Gasteiger charge is -2.30. The van der Waals surface area contributed by atoms with E-state index in [0.717, 1.165) is 30.6 Å². The van der Waals surface area contributed by atoms with Crippen molar-refractivity contribution in [2.24, 2.45) is 0 Å². The Morgan fingerprint density at radius 1 is 1.00 bits per heavy atom. The highest BCUT2D eigenvalue weighted by Crippen LogP contribution is 2.38. The van der Waals surface area contributed by atoms with Crippen LogP contribution in [0, 0.1) is 0 Å². The maximum absolute atomic E-state index is 12.0. The van der Waals surface area contributed by atoms with E-state index in [1.807, 2.05) is 13.0 Å². The summed E-state index contributed by atoms with van der Waals surface area (Å²) in [6, 6.07) is 6.37. The number of hydrogen-bond acceptors (Lipinski definition) is 1. The fraction of sp³-hybridized carbons (Fsp3) is 0.700. The van der Waals surface area contributed by atoms with Crippen LogP contribution >= 0.6 is 0 Å². The number of ether oxygens (including phenoxy) is 1. The molecule has 2 nitrogen and oxygen atoms in total. The summed E-state index contributed by atoms with van der Waals surface area (Å²) in [5, 5.41) is 12.0. The highest BCUT2D eigenvalue weighted by molar-refractivity contribution is 5.44. The Bertz CT molecular complexity index is 475. The maximum Gasteiger partial charge on any atom is 0.231 e. The van der Waals surface area contributed by atoms with E-state index in [1.165, 1.54) is 5.56 Å². The second kappa shape index (κ2) is 7.50. The van der Waals surface area contributed by atoms with E-state index < -0.39 is 6.29 Å². The van der Waals surface area contributed by atoms with Crippen molar-refractivity contribution in [1.82, 2.24) is 0 Å². The van der Waals surface area contributed by atoms with Gasteiger partial charge < -0.3 is 4.74 Å². The van der Waals surface area contributed by atoms with Crippen LogP contribution in [0.1, 0.15) is 85.3 Å². The maximum atomic E-state index is 12.0. The van der Waals surface area contributed by atoms with E-state index in [0.29, 0.717) is 6.42 Å². The number of rotatable bonds is 8. The third-order valence-corrected chi connectivity index (χ3v) is 5.04. The average molecular weight is 305 g/mol. The first-order valence-corrected chi connectivity index (χ1v) is 8.65. The molecule has 0 saturated heterocycles. The molecule has 0 heterocycles. The zero-order chi connectivity index (χ0) is 17.0. The van der Waals surface area contributed by atoms with Crippen molar-refractivity contribution in [3.63, 3.8) is 0 Å². The van der Waals surface area contributed by atoms with Crippen LogP contribution in [0.2, 0.25) is 0 Å². The zero-order valence-corrected chi connectivity index (χ0v) is 15.5. The first-order valence-electron chi connectivity index (χ1n) is 8.65. The van der Waals surface area contributed by atoms with E-state index in [-0.39, 0.29) is 10.8 Å². The van der Waals surface area contributed by atoms with Crippen molar-refractivity contribution < 1.29 is 9.84 Å². The first-order chi connectivity index (χ1) is 10.2. The van der Waals surface area contributed by atoms with Gasteiger partial charge in [0.25, 0.3) is 0 Å². The van der Waals surface area contributed by atoms with Gasteiger partial charge in [-0.1, -0.05) is 67.0 Å². The van der Waals surface area contributed by atoms with E-state index in [9.17, 15) is 5.11 Å². The Morgan fingerprint density at radius 2 is 1.59 bits per heavy atom. The lowest BCUT2D eigenvalue weighted by atomic mass is 9.76. The molecule has 0 fully saturated rings.